The van der Waals surface area contributed by atoms with Gasteiger partial charge in [0.05, 0.1) is 16.6 Å². The number of rotatable bonds is 8. The highest BCUT2D eigenvalue weighted by Gasteiger charge is 2.73. The molecular formula is C30H31N3O4S. The average Bonchev–Trinajstić information content (AvgIpc) is 3.57. The van der Waals surface area contributed by atoms with E-state index in [0.717, 1.165) is 23.6 Å². The molecule has 3 saturated heterocycles. The molecule has 0 aromatic heterocycles. The minimum Gasteiger partial charge on any atom is -0.396 e. The lowest BCUT2D eigenvalue weighted by Gasteiger charge is -2.34. The number of benzene rings is 3. The number of anilines is 2. The lowest BCUT2D eigenvalue weighted by molar-refractivity contribution is -0.138. The molecule has 38 heavy (non-hydrogen) atoms. The van der Waals surface area contributed by atoms with Crippen molar-refractivity contribution in [3.63, 3.8) is 0 Å². The van der Waals surface area contributed by atoms with Gasteiger partial charge in [0.25, 0.3) is 0 Å². The molecule has 3 heterocycles. The number of carbonyl (C=O) groups excluding carboxylic acids is 3. The van der Waals surface area contributed by atoms with Gasteiger partial charge in [-0.2, -0.15) is 0 Å². The number of likely N-dealkylation sites (tertiary alicyclic amines) is 1. The number of thioether (sulfide) groups is 1. The third-order valence-electron chi connectivity index (χ3n) is 8.22. The van der Waals surface area contributed by atoms with Crippen molar-refractivity contribution >= 4 is 51.6 Å². The predicted molar refractivity (Wildman–Crippen MR) is 150 cm³/mol. The van der Waals surface area contributed by atoms with Gasteiger partial charge in [-0.1, -0.05) is 48.5 Å². The third kappa shape index (κ3) is 4.16. The Kier molecular flexibility index (Phi) is 6.61. The molecule has 0 aliphatic carbocycles. The summed E-state index contributed by atoms with van der Waals surface area (Å²) in [6, 6.07) is 22.4. The highest BCUT2D eigenvalue weighted by Crippen LogP contribution is 2.66. The summed E-state index contributed by atoms with van der Waals surface area (Å²) in [4.78, 5) is 43.1. The molecule has 0 saturated carbocycles. The molecule has 8 heteroatoms. The Balaban J connectivity index is 1.30. The molecular weight excluding hydrogens is 498 g/mol. The van der Waals surface area contributed by atoms with Crippen LogP contribution in [0, 0.1) is 11.8 Å². The van der Waals surface area contributed by atoms with E-state index in [2.05, 4.69) is 10.6 Å². The number of unbranched alkanes of at least 4 members (excludes halogenated alkanes) is 1. The second-order valence-corrected chi connectivity index (χ2v) is 12.0. The minimum absolute atomic E-state index is 0.00298. The first kappa shape index (κ1) is 24.9. The zero-order chi connectivity index (χ0) is 26.3. The summed E-state index contributed by atoms with van der Waals surface area (Å²) in [5.74, 6) is -1.52. The smallest absolute Gasteiger partial charge is 0.248 e. The Hall–Kier alpha value is -3.36. The molecule has 3 aromatic carbocycles. The normalized spacial score (nSPS) is 27.5. The van der Waals surface area contributed by atoms with Gasteiger partial charge in [0.2, 0.25) is 17.7 Å². The highest BCUT2D eigenvalue weighted by atomic mass is 32.2. The van der Waals surface area contributed by atoms with Crippen LogP contribution in [0.5, 0.6) is 0 Å². The van der Waals surface area contributed by atoms with E-state index >= 15 is 0 Å². The molecule has 3 fully saturated rings. The van der Waals surface area contributed by atoms with Gasteiger partial charge in [-0.15, -0.1) is 11.8 Å². The van der Waals surface area contributed by atoms with Crippen molar-refractivity contribution in [1.82, 2.24) is 4.90 Å². The van der Waals surface area contributed by atoms with E-state index in [4.69, 9.17) is 0 Å². The molecule has 5 atom stereocenters. The van der Waals surface area contributed by atoms with E-state index in [1.54, 1.807) is 16.7 Å². The molecule has 3 aromatic rings. The second kappa shape index (κ2) is 10.1. The fraction of sp³-hybridized carbons (Fsp3) is 0.367. The molecule has 2 unspecified atom stereocenters. The van der Waals surface area contributed by atoms with Crippen LogP contribution in [0.15, 0.2) is 72.8 Å². The molecule has 3 aliphatic rings. The molecule has 3 amide bonds. The van der Waals surface area contributed by atoms with Crippen molar-refractivity contribution in [3.8, 4) is 0 Å². The zero-order valence-corrected chi connectivity index (χ0v) is 21.8. The van der Waals surface area contributed by atoms with Gasteiger partial charge in [0.15, 0.2) is 0 Å². The summed E-state index contributed by atoms with van der Waals surface area (Å²) in [6.07, 6.45) is 2.67. The van der Waals surface area contributed by atoms with Gasteiger partial charge in [-0.3, -0.25) is 14.4 Å². The SMILES string of the molecule is O=C(Nc1ccc2ccccc2c1)C1N(CCCCO)C(=O)[C@@H]2[C@@H](C(=O)Nc3ccccc3)[C@H]3CCC12S3. The largest absolute Gasteiger partial charge is 0.396 e. The van der Waals surface area contributed by atoms with E-state index in [0.29, 0.717) is 30.8 Å². The Labute approximate surface area is 226 Å². The molecule has 7 nitrogen and oxygen atoms in total. The average molecular weight is 530 g/mol. The van der Waals surface area contributed by atoms with Crippen LogP contribution in [0.2, 0.25) is 0 Å². The van der Waals surface area contributed by atoms with Crippen LogP contribution in [0.4, 0.5) is 11.4 Å². The summed E-state index contributed by atoms with van der Waals surface area (Å²) < 4.78 is -0.638. The van der Waals surface area contributed by atoms with Crippen molar-refractivity contribution in [2.24, 2.45) is 11.8 Å². The van der Waals surface area contributed by atoms with Crippen LogP contribution >= 0.6 is 11.8 Å². The van der Waals surface area contributed by atoms with Gasteiger partial charge in [0.1, 0.15) is 6.04 Å². The number of fused-ring (bicyclic) bond motifs is 2. The zero-order valence-electron chi connectivity index (χ0n) is 21.0. The Bertz CT molecular complexity index is 1380. The number of amides is 3. The minimum atomic E-state index is -0.672. The van der Waals surface area contributed by atoms with Gasteiger partial charge in [-0.25, -0.2) is 0 Å². The number of aliphatic hydroxyl groups is 1. The molecule has 1 spiro atoms. The highest BCUT2D eigenvalue weighted by molar-refractivity contribution is 8.02. The van der Waals surface area contributed by atoms with Crippen molar-refractivity contribution < 1.29 is 19.5 Å². The van der Waals surface area contributed by atoms with Crippen LogP contribution in [0.3, 0.4) is 0 Å². The van der Waals surface area contributed by atoms with Crippen molar-refractivity contribution in [3.05, 3.63) is 72.8 Å². The van der Waals surface area contributed by atoms with Gasteiger partial charge in [-0.05, 0) is 60.7 Å². The third-order valence-corrected chi connectivity index (χ3v) is 10.2. The van der Waals surface area contributed by atoms with E-state index in [1.165, 1.54) is 0 Å². The van der Waals surface area contributed by atoms with E-state index in [1.807, 2.05) is 72.8 Å². The van der Waals surface area contributed by atoms with Crippen LogP contribution in [-0.4, -0.2) is 56.9 Å². The van der Waals surface area contributed by atoms with Gasteiger partial charge >= 0.3 is 0 Å². The first-order valence-corrected chi connectivity index (χ1v) is 14.1. The first-order valence-electron chi connectivity index (χ1n) is 13.3. The van der Waals surface area contributed by atoms with E-state index < -0.39 is 22.6 Å². The van der Waals surface area contributed by atoms with Crippen LogP contribution in [-0.2, 0) is 14.4 Å². The molecule has 3 N–H and O–H groups in total. The van der Waals surface area contributed by atoms with Crippen LogP contribution in [0.1, 0.15) is 25.7 Å². The maximum absolute atomic E-state index is 14.0. The standard InChI is InChI=1S/C30H31N3O4S/c34-17-7-6-16-33-26(28(36)32-22-13-12-19-8-4-5-9-20(19)18-22)30-15-14-23(38-30)24(25(30)29(33)37)27(35)31-21-10-2-1-3-11-21/h1-5,8-13,18,23-26,34H,6-7,14-17H2,(H,31,35)(H,32,36)/t23-,24+,25+,26?,30?/m1/s1. The number of hydrogen-bond donors (Lipinski definition) is 3. The van der Waals surface area contributed by atoms with Crippen molar-refractivity contribution in [2.45, 2.75) is 41.7 Å². The number of carbonyl (C=O) groups is 3. The van der Waals surface area contributed by atoms with Crippen molar-refractivity contribution in [1.29, 1.82) is 0 Å². The Morgan fingerprint density at radius 2 is 1.66 bits per heavy atom. The second-order valence-electron chi connectivity index (χ2n) is 10.4. The van der Waals surface area contributed by atoms with Crippen LogP contribution in [0.25, 0.3) is 10.8 Å². The lowest BCUT2D eigenvalue weighted by atomic mass is 9.70. The summed E-state index contributed by atoms with van der Waals surface area (Å²) in [6.45, 7) is 0.412. The molecule has 6 rings (SSSR count). The molecule has 0 radical (unpaired) electrons. The quantitative estimate of drug-likeness (QED) is 0.379. The number of aliphatic hydroxyl groups excluding tert-OH is 1. The molecule has 3 aliphatic heterocycles. The Morgan fingerprint density at radius 3 is 2.45 bits per heavy atom. The van der Waals surface area contributed by atoms with Gasteiger partial charge in [0, 0.05) is 29.8 Å². The maximum atomic E-state index is 14.0. The number of para-hydroxylation sites is 1. The number of nitrogens with zero attached hydrogens (tertiary/aromatic N) is 1. The first-order chi connectivity index (χ1) is 18.5. The van der Waals surface area contributed by atoms with E-state index in [9.17, 15) is 19.5 Å². The fourth-order valence-corrected chi connectivity index (χ4v) is 8.83. The number of hydrogen-bond acceptors (Lipinski definition) is 5. The number of nitrogens with one attached hydrogen (secondary N) is 2. The summed E-state index contributed by atoms with van der Waals surface area (Å²) in [5, 5.41) is 17.6. The van der Waals surface area contributed by atoms with Crippen LogP contribution < -0.4 is 10.6 Å². The van der Waals surface area contributed by atoms with E-state index in [-0.39, 0.29) is 29.6 Å². The maximum Gasteiger partial charge on any atom is 0.248 e. The molecule has 2 bridgehead atoms. The summed E-state index contributed by atoms with van der Waals surface area (Å²) in [7, 11) is 0. The monoisotopic (exact) mass is 529 g/mol. The predicted octanol–water partition coefficient (Wildman–Crippen LogP) is 4.28. The lowest BCUT2D eigenvalue weighted by Crippen LogP contribution is -2.51. The Morgan fingerprint density at radius 1 is 0.921 bits per heavy atom. The molecule has 196 valence electrons. The fourth-order valence-electron chi connectivity index (χ4n) is 6.61. The topological polar surface area (TPSA) is 98.7 Å². The van der Waals surface area contributed by atoms with Crippen molar-refractivity contribution in [2.75, 3.05) is 23.8 Å². The summed E-state index contributed by atoms with van der Waals surface area (Å²) in [5.41, 5.74) is 1.39. The van der Waals surface area contributed by atoms with Gasteiger partial charge < -0.3 is 20.6 Å². The summed E-state index contributed by atoms with van der Waals surface area (Å²) >= 11 is 1.66.